The van der Waals surface area contributed by atoms with E-state index in [9.17, 15) is 10.1 Å². The lowest BCUT2D eigenvalue weighted by molar-refractivity contribution is -0.385. The Morgan fingerprint density at radius 2 is 2.12 bits per heavy atom. The van der Waals surface area contributed by atoms with Crippen LogP contribution in [0.2, 0.25) is 0 Å². The third kappa shape index (κ3) is 2.39. The van der Waals surface area contributed by atoms with Crippen molar-refractivity contribution in [3.63, 3.8) is 0 Å². The molecule has 0 fully saturated rings. The molecule has 16 heavy (non-hydrogen) atoms. The van der Waals surface area contributed by atoms with Gasteiger partial charge in [0.1, 0.15) is 0 Å². The molecule has 4 nitrogen and oxygen atoms in total. The first kappa shape index (κ1) is 12.6. The van der Waals surface area contributed by atoms with E-state index in [1.807, 2.05) is 26.8 Å². The van der Waals surface area contributed by atoms with Gasteiger partial charge in [-0.2, -0.15) is 0 Å². The summed E-state index contributed by atoms with van der Waals surface area (Å²) in [5, 5.41) is 11.0. The molecule has 2 unspecified atom stereocenters. The number of nitro groups is 1. The summed E-state index contributed by atoms with van der Waals surface area (Å²) in [6.07, 6.45) is 0.812. The minimum Gasteiger partial charge on any atom is -0.327 e. The number of hydrogen-bond acceptors (Lipinski definition) is 3. The Bertz CT molecular complexity index is 391. The van der Waals surface area contributed by atoms with Crippen LogP contribution in [0.5, 0.6) is 0 Å². The number of aryl methyl sites for hydroxylation is 1. The summed E-state index contributed by atoms with van der Waals surface area (Å²) >= 11 is 0. The van der Waals surface area contributed by atoms with Crippen LogP contribution < -0.4 is 5.73 Å². The highest BCUT2D eigenvalue weighted by molar-refractivity contribution is 5.47. The van der Waals surface area contributed by atoms with Crippen LogP contribution in [-0.2, 0) is 0 Å². The molecule has 2 atom stereocenters. The number of hydrogen-bond donors (Lipinski definition) is 1. The van der Waals surface area contributed by atoms with Crippen LogP contribution in [0.25, 0.3) is 0 Å². The number of benzene rings is 1. The minimum atomic E-state index is -0.332. The smallest absolute Gasteiger partial charge is 0.273 e. The maximum atomic E-state index is 11.0. The van der Waals surface area contributed by atoms with Crippen molar-refractivity contribution < 1.29 is 4.92 Å². The molecule has 0 heterocycles. The van der Waals surface area contributed by atoms with Crippen LogP contribution >= 0.6 is 0 Å². The first-order chi connectivity index (χ1) is 7.49. The quantitative estimate of drug-likeness (QED) is 0.629. The van der Waals surface area contributed by atoms with Gasteiger partial charge in [0.2, 0.25) is 0 Å². The van der Waals surface area contributed by atoms with Crippen molar-refractivity contribution in [2.75, 3.05) is 0 Å². The second kappa shape index (κ2) is 5.07. The maximum Gasteiger partial charge on any atom is 0.273 e. The van der Waals surface area contributed by atoms with Crippen molar-refractivity contribution in [1.82, 2.24) is 0 Å². The molecule has 2 N–H and O–H groups in total. The van der Waals surface area contributed by atoms with Gasteiger partial charge in [-0.05, 0) is 18.9 Å². The van der Waals surface area contributed by atoms with Gasteiger partial charge in [0.05, 0.1) is 4.92 Å². The molecule has 0 amide bonds. The first-order valence-electron chi connectivity index (χ1n) is 5.48. The van der Waals surface area contributed by atoms with E-state index < -0.39 is 0 Å². The zero-order chi connectivity index (χ0) is 12.3. The zero-order valence-electron chi connectivity index (χ0n) is 9.93. The van der Waals surface area contributed by atoms with Gasteiger partial charge < -0.3 is 5.73 Å². The van der Waals surface area contributed by atoms with Gasteiger partial charge in [-0.25, -0.2) is 0 Å². The van der Waals surface area contributed by atoms with Gasteiger partial charge in [-0.1, -0.05) is 26.0 Å². The summed E-state index contributed by atoms with van der Waals surface area (Å²) in [7, 11) is 0. The standard InChI is InChI=1S/C12H18N2O2/c1-4-10(13)9(3)12-8(2)6-5-7-11(12)14(15)16/h5-7,9-10H,4,13H2,1-3H3. The summed E-state index contributed by atoms with van der Waals surface area (Å²) < 4.78 is 0. The summed E-state index contributed by atoms with van der Waals surface area (Å²) in [6.45, 7) is 5.83. The van der Waals surface area contributed by atoms with Crippen molar-refractivity contribution >= 4 is 5.69 Å². The van der Waals surface area contributed by atoms with Crippen LogP contribution in [0.15, 0.2) is 18.2 Å². The summed E-state index contributed by atoms with van der Waals surface area (Å²) in [5.74, 6) is 0.00611. The van der Waals surface area contributed by atoms with Crippen LogP contribution in [0.3, 0.4) is 0 Å². The van der Waals surface area contributed by atoms with E-state index in [4.69, 9.17) is 5.73 Å². The second-order valence-electron chi connectivity index (χ2n) is 4.13. The molecule has 0 bridgehead atoms. The van der Waals surface area contributed by atoms with Gasteiger partial charge in [0.25, 0.3) is 5.69 Å². The lowest BCUT2D eigenvalue weighted by Gasteiger charge is -2.20. The normalized spacial score (nSPS) is 14.5. The van der Waals surface area contributed by atoms with Gasteiger partial charge in [-0.3, -0.25) is 10.1 Å². The van der Waals surface area contributed by atoms with Crippen molar-refractivity contribution in [2.45, 2.75) is 39.2 Å². The van der Waals surface area contributed by atoms with Crippen molar-refractivity contribution in [3.05, 3.63) is 39.4 Å². The van der Waals surface area contributed by atoms with E-state index in [2.05, 4.69) is 0 Å². The zero-order valence-corrected chi connectivity index (χ0v) is 9.93. The molecule has 0 aromatic heterocycles. The van der Waals surface area contributed by atoms with Crippen molar-refractivity contribution in [3.8, 4) is 0 Å². The molecule has 0 radical (unpaired) electrons. The Morgan fingerprint density at radius 3 is 2.62 bits per heavy atom. The van der Waals surface area contributed by atoms with Crippen LogP contribution in [0.4, 0.5) is 5.69 Å². The fourth-order valence-electron chi connectivity index (χ4n) is 1.98. The summed E-state index contributed by atoms with van der Waals surface area (Å²) in [4.78, 5) is 10.6. The highest BCUT2D eigenvalue weighted by atomic mass is 16.6. The van der Waals surface area contributed by atoms with E-state index in [0.717, 1.165) is 17.5 Å². The molecule has 0 aliphatic rings. The molecular weight excluding hydrogens is 204 g/mol. The molecule has 0 aliphatic carbocycles. The fourth-order valence-corrected chi connectivity index (χ4v) is 1.98. The van der Waals surface area contributed by atoms with Crippen LogP contribution in [0.1, 0.15) is 37.3 Å². The molecule has 1 rings (SSSR count). The van der Waals surface area contributed by atoms with E-state index in [1.54, 1.807) is 12.1 Å². The maximum absolute atomic E-state index is 11.0. The SMILES string of the molecule is CCC(N)C(C)c1c(C)cccc1[N+](=O)[O-]. The predicted molar refractivity (Wildman–Crippen MR) is 64.5 cm³/mol. The van der Waals surface area contributed by atoms with Crippen LogP contribution in [-0.4, -0.2) is 11.0 Å². The Hall–Kier alpha value is -1.42. The molecule has 88 valence electrons. The highest BCUT2D eigenvalue weighted by Gasteiger charge is 2.24. The van der Waals surface area contributed by atoms with E-state index in [0.29, 0.717) is 0 Å². The van der Waals surface area contributed by atoms with Crippen LogP contribution in [0, 0.1) is 17.0 Å². The molecule has 0 saturated heterocycles. The summed E-state index contributed by atoms with van der Waals surface area (Å²) in [5.41, 5.74) is 7.84. The van der Waals surface area contributed by atoms with Gasteiger partial charge >= 0.3 is 0 Å². The second-order valence-corrected chi connectivity index (χ2v) is 4.13. The molecule has 1 aromatic carbocycles. The lowest BCUT2D eigenvalue weighted by atomic mass is 9.88. The first-order valence-corrected chi connectivity index (χ1v) is 5.48. The van der Waals surface area contributed by atoms with E-state index in [-0.39, 0.29) is 22.6 Å². The topological polar surface area (TPSA) is 69.2 Å². The average Bonchev–Trinajstić information content (AvgIpc) is 2.26. The molecular formula is C12H18N2O2. The largest absolute Gasteiger partial charge is 0.327 e. The Morgan fingerprint density at radius 1 is 1.50 bits per heavy atom. The number of nitrogens with two attached hydrogens (primary N) is 1. The third-order valence-corrected chi connectivity index (χ3v) is 3.07. The number of nitrogens with zero attached hydrogens (tertiary/aromatic N) is 1. The van der Waals surface area contributed by atoms with E-state index in [1.165, 1.54) is 0 Å². The Labute approximate surface area is 95.6 Å². The fraction of sp³-hybridized carbons (Fsp3) is 0.500. The van der Waals surface area contributed by atoms with Gasteiger partial charge in [0.15, 0.2) is 0 Å². The van der Waals surface area contributed by atoms with E-state index >= 15 is 0 Å². The molecule has 1 aromatic rings. The highest BCUT2D eigenvalue weighted by Crippen LogP contribution is 2.31. The molecule has 0 spiro atoms. The average molecular weight is 222 g/mol. The summed E-state index contributed by atoms with van der Waals surface area (Å²) in [6, 6.07) is 5.10. The lowest BCUT2D eigenvalue weighted by Crippen LogP contribution is -2.26. The molecule has 0 aliphatic heterocycles. The van der Waals surface area contributed by atoms with Crippen molar-refractivity contribution in [1.29, 1.82) is 0 Å². The monoisotopic (exact) mass is 222 g/mol. The Balaban J connectivity index is 3.24. The molecule has 4 heteroatoms. The Kier molecular flexibility index (Phi) is 4.01. The van der Waals surface area contributed by atoms with Crippen molar-refractivity contribution in [2.24, 2.45) is 5.73 Å². The number of nitro benzene ring substituents is 1. The minimum absolute atomic E-state index is 0.00611. The van der Waals surface area contributed by atoms with Gasteiger partial charge in [-0.15, -0.1) is 0 Å². The number of rotatable bonds is 4. The van der Waals surface area contributed by atoms with Gasteiger partial charge in [0, 0.05) is 23.6 Å². The third-order valence-electron chi connectivity index (χ3n) is 3.07. The predicted octanol–water partition coefficient (Wildman–Crippen LogP) is 2.74. The molecule has 0 saturated carbocycles.